The lowest BCUT2D eigenvalue weighted by Crippen LogP contribution is -2.37. The van der Waals surface area contributed by atoms with Gasteiger partial charge < -0.3 is 14.2 Å². The van der Waals surface area contributed by atoms with Crippen molar-refractivity contribution in [2.24, 2.45) is 5.92 Å². The number of amides is 1. The molecule has 1 heterocycles. The van der Waals surface area contributed by atoms with Gasteiger partial charge in [-0.1, -0.05) is 55.9 Å². The Morgan fingerprint density at radius 2 is 1.77 bits per heavy atom. The summed E-state index contributed by atoms with van der Waals surface area (Å²) in [5.74, 6) is 1.66. The predicted molar refractivity (Wildman–Crippen MR) is 122 cm³/mol. The highest BCUT2D eigenvalue weighted by atomic mass is 32.2. The van der Waals surface area contributed by atoms with Gasteiger partial charge in [-0.15, -0.1) is 10.2 Å². The molecule has 0 aliphatic heterocycles. The number of aromatic nitrogens is 3. The number of hydrogen-bond donors (Lipinski definition) is 0. The van der Waals surface area contributed by atoms with Crippen LogP contribution >= 0.6 is 11.8 Å². The third kappa shape index (κ3) is 4.51. The Morgan fingerprint density at radius 1 is 1.10 bits per heavy atom. The van der Waals surface area contributed by atoms with E-state index < -0.39 is 0 Å². The van der Waals surface area contributed by atoms with E-state index in [4.69, 9.17) is 4.74 Å². The Bertz CT molecular complexity index is 988. The fourth-order valence-electron chi connectivity index (χ4n) is 3.24. The highest BCUT2D eigenvalue weighted by Crippen LogP contribution is 2.34. The lowest BCUT2D eigenvalue weighted by molar-refractivity contribution is -0.118. The number of para-hydroxylation sites is 2. The maximum absolute atomic E-state index is 13.3. The van der Waals surface area contributed by atoms with Crippen LogP contribution in [0.2, 0.25) is 0 Å². The number of methoxy groups -OCH3 is 1. The van der Waals surface area contributed by atoms with E-state index >= 15 is 0 Å². The Kier molecular flexibility index (Phi) is 7.15. The summed E-state index contributed by atoms with van der Waals surface area (Å²) in [5.41, 5.74) is 1.76. The van der Waals surface area contributed by atoms with Gasteiger partial charge in [0.05, 0.1) is 17.9 Å². The van der Waals surface area contributed by atoms with Crippen LogP contribution in [0, 0.1) is 5.92 Å². The summed E-state index contributed by atoms with van der Waals surface area (Å²) in [7, 11) is 3.46. The summed E-state index contributed by atoms with van der Waals surface area (Å²) in [6, 6.07) is 17.5. The van der Waals surface area contributed by atoms with E-state index in [9.17, 15) is 4.79 Å². The first kappa shape index (κ1) is 21.9. The molecule has 0 bridgehead atoms. The van der Waals surface area contributed by atoms with Gasteiger partial charge >= 0.3 is 0 Å². The largest absolute Gasteiger partial charge is 0.496 e. The molecule has 0 unspecified atom stereocenters. The van der Waals surface area contributed by atoms with E-state index in [1.165, 1.54) is 11.8 Å². The van der Waals surface area contributed by atoms with Gasteiger partial charge in [0.25, 0.3) is 0 Å². The lowest BCUT2D eigenvalue weighted by Gasteiger charge is -2.25. The summed E-state index contributed by atoms with van der Waals surface area (Å²) in [5, 5.41) is 9.30. The van der Waals surface area contributed by atoms with Crippen LogP contribution in [0.4, 0.5) is 5.69 Å². The van der Waals surface area contributed by atoms with Gasteiger partial charge in [0.2, 0.25) is 5.91 Å². The van der Waals surface area contributed by atoms with Gasteiger partial charge in [-0.25, -0.2) is 0 Å². The molecule has 0 aliphatic rings. The molecular weight excluding hydrogens is 396 g/mol. The SMILES string of the molecule is CCn1c(S[C@H](C(=O)N(C)c2ccccc2)C(C)C)nnc1-c1ccccc1OC. The molecule has 7 heteroatoms. The van der Waals surface area contributed by atoms with Crippen molar-refractivity contribution < 1.29 is 9.53 Å². The van der Waals surface area contributed by atoms with Gasteiger partial charge in [0, 0.05) is 19.3 Å². The second-order valence-electron chi connectivity index (χ2n) is 7.27. The molecular formula is C23H28N4O2S. The molecule has 0 saturated carbocycles. The Hall–Kier alpha value is -2.80. The number of thioether (sulfide) groups is 1. The Balaban J connectivity index is 1.91. The summed E-state index contributed by atoms with van der Waals surface area (Å²) in [6.45, 7) is 6.86. The summed E-state index contributed by atoms with van der Waals surface area (Å²) < 4.78 is 7.53. The molecule has 6 nitrogen and oxygen atoms in total. The summed E-state index contributed by atoms with van der Waals surface area (Å²) in [6.07, 6.45) is 0. The molecule has 1 aromatic heterocycles. The van der Waals surface area contributed by atoms with Gasteiger partial charge in [-0.05, 0) is 37.1 Å². The molecule has 2 aromatic carbocycles. The van der Waals surface area contributed by atoms with Crippen LogP contribution in [0.15, 0.2) is 59.8 Å². The number of nitrogens with zero attached hydrogens (tertiary/aromatic N) is 4. The maximum Gasteiger partial charge on any atom is 0.240 e. The summed E-state index contributed by atoms with van der Waals surface area (Å²) in [4.78, 5) is 15.0. The molecule has 0 saturated heterocycles. The first-order valence-corrected chi connectivity index (χ1v) is 10.9. The van der Waals surface area contributed by atoms with Gasteiger partial charge in [-0.2, -0.15) is 0 Å². The minimum atomic E-state index is -0.282. The van der Waals surface area contributed by atoms with E-state index in [0.717, 1.165) is 28.0 Å². The van der Waals surface area contributed by atoms with Gasteiger partial charge in [0.1, 0.15) is 5.75 Å². The van der Waals surface area contributed by atoms with Crippen molar-refractivity contribution in [1.29, 1.82) is 0 Å². The highest BCUT2D eigenvalue weighted by molar-refractivity contribution is 8.00. The van der Waals surface area contributed by atoms with Crippen LogP contribution in [-0.4, -0.2) is 40.1 Å². The number of carbonyl (C=O) groups is 1. The molecule has 1 amide bonds. The van der Waals surface area contributed by atoms with E-state index in [1.807, 2.05) is 66.2 Å². The Labute approximate surface area is 182 Å². The topological polar surface area (TPSA) is 60.2 Å². The van der Waals surface area contributed by atoms with Crippen LogP contribution in [-0.2, 0) is 11.3 Å². The molecule has 30 heavy (non-hydrogen) atoms. The van der Waals surface area contributed by atoms with E-state index in [1.54, 1.807) is 12.0 Å². The zero-order valence-electron chi connectivity index (χ0n) is 18.1. The van der Waals surface area contributed by atoms with Gasteiger partial charge in [0.15, 0.2) is 11.0 Å². The second kappa shape index (κ2) is 9.80. The lowest BCUT2D eigenvalue weighted by atomic mass is 10.1. The fraction of sp³-hybridized carbons (Fsp3) is 0.348. The third-order valence-corrected chi connectivity index (χ3v) is 6.45. The maximum atomic E-state index is 13.3. The average molecular weight is 425 g/mol. The van der Waals surface area contributed by atoms with Crippen molar-refractivity contribution in [3.05, 3.63) is 54.6 Å². The van der Waals surface area contributed by atoms with Gasteiger partial charge in [-0.3, -0.25) is 4.79 Å². The number of carbonyl (C=O) groups excluding carboxylic acids is 1. The van der Waals surface area contributed by atoms with Crippen molar-refractivity contribution >= 4 is 23.4 Å². The second-order valence-corrected chi connectivity index (χ2v) is 8.37. The van der Waals surface area contributed by atoms with E-state index in [-0.39, 0.29) is 17.1 Å². The normalized spacial score (nSPS) is 12.1. The zero-order valence-corrected chi connectivity index (χ0v) is 18.9. The number of hydrogen-bond acceptors (Lipinski definition) is 5. The highest BCUT2D eigenvalue weighted by Gasteiger charge is 2.30. The van der Waals surface area contributed by atoms with Crippen LogP contribution in [0.5, 0.6) is 5.75 Å². The molecule has 158 valence electrons. The number of rotatable bonds is 8. The van der Waals surface area contributed by atoms with Crippen LogP contribution in [0.25, 0.3) is 11.4 Å². The Morgan fingerprint density at radius 3 is 2.40 bits per heavy atom. The fourth-order valence-corrected chi connectivity index (χ4v) is 4.43. The van der Waals surface area contributed by atoms with Crippen LogP contribution in [0.1, 0.15) is 20.8 Å². The molecule has 0 spiro atoms. The van der Waals surface area contributed by atoms with Crippen LogP contribution in [0.3, 0.4) is 0 Å². The summed E-state index contributed by atoms with van der Waals surface area (Å²) >= 11 is 1.47. The van der Waals surface area contributed by atoms with Crippen molar-refractivity contribution in [3.63, 3.8) is 0 Å². The molecule has 0 radical (unpaired) electrons. The smallest absolute Gasteiger partial charge is 0.240 e. The zero-order chi connectivity index (χ0) is 21.7. The molecule has 1 atom stereocenters. The van der Waals surface area contributed by atoms with Crippen molar-refractivity contribution in [2.45, 2.75) is 37.7 Å². The molecule has 0 N–H and O–H groups in total. The first-order valence-electron chi connectivity index (χ1n) is 10.0. The average Bonchev–Trinajstić information content (AvgIpc) is 3.19. The van der Waals surface area contributed by atoms with Crippen molar-refractivity contribution in [3.8, 4) is 17.1 Å². The quantitative estimate of drug-likeness (QED) is 0.488. The number of ether oxygens (including phenoxy) is 1. The molecule has 0 aliphatic carbocycles. The monoisotopic (exact) mass is 424 g/mol. The minimum Gasteiger partial charge on any atom is -0.496 e. The van der Waals surface area contributed by atoms with Crippen LogP contribution < -0.4 is 9.64 Å². The standard InChI is InChI=1S/C23H28N4O2S/c1-6-27-21(18-14-10-11-15-19(18)29-5)24-25-23(27)30-20(16(2)3)22(28)26(4)17-12-8-7-9-13-17/h7-16,20H,6H2,1-5H3/t20-/m0/s1. The van der Waals surface area contributed by atoms with Crippen molar-refractivity contribution in [1.82, 2.24) is 14.8 Å². The number of benzene rings is 2. The molecule has 3 aromatic rings. The number of anilines is 1. The minimum absolute atomic E-state index is 0.0469. The van der Waals surface area contributed by atoms with E-state index in [2.05, 4.69) is 31.0 Å². The predicted octanol–water partition coefficient (Wildman–Crippen LogP) is 4.75. The first-order chi connectivity index (χ1) is 14.5. The molecule has 3 rings (SSSR count). The molecule has 0 fully saturated rings. The van der Waals surface area contributed by atoms with E-state index in [0.29, 0.717) is 6.54 Å². The van der Waals surface area contributed by atoms with Crippen molar-refractivity contribution in [2.75, 3.05) is 19.1 Å². The third-order valence-electron chi connectivity index (χ3n) is 4.94.